The summed E-state index contributed by atoms with van der Waals surface area (Å²) in [5.74, 6) is 0.666. The summed E-state index contributed by atoms with van der Waals surface area (Å²) in [7, 11) is 1.36. The Kier molecular flexibility index (Phi) is 4.86. The normalized spacial score (nSPS) is 10.4. The fraction of sp³-hybridized carbons (Fsp3) is 0.167. The van der Waals surface area contributed by atoms with Gasteiger partial charge in [0.05, 0.1) is 12.7 Å². The van der Waals surface area contributed by atoms with Gasteiger partial charge in [0.15, 0.2) is 0 Å². The molecule has 3 aromatic rings. The van der Waals surface area contributed by atoms with Gasteiger partial charge >= 0.3 is 5.97 Å². The maximum absolute atomic E-state index is 11.7. The van der Waals surface area contributed by atoms with Gasteiger partial charge in [0.1, 0.15) is 0 Å². The molecule has 0 amide bonds. The van der Waals surface area contributed by atoms with Crippen molar-refractivity contribution in [2.24, 2.45) is 0 Å². The molecule has 6 nitrogen and oxygen atoms in total. The first-order chi connectivity index (χ1) is 11.8. The maximum atomic E-state index is 11.7. The van der Waals surface area contributed by atoms with E-state index in [0.29, 0.717) is 36.0 Å². The summed E-state index contributed by atoms with van der Waals surface area (Å²) in [6.45, 7) is 0.560. The number of nitrogens with one attached hydrogen (secondary N) is 1. The molecule has 0 radical (unpaired) electrons. The molecule has 1 N–H and O–H groups in total. The Morgan fingerprint density at radius 2 is 1.83 bits per heavy atom. The molecule has 1 aromatic heterocycles. The fourth-order valence-electron chi connectivity index (χ4n) is 2.28. The van der Waals surface area contributed by atoms with Gasteiger partial charge in [-0.1, -0.05) is 30.3 Å². The van der Waals surface area contributed by atoms with Crippen LogP contribution in [0.15, 0.2) is 59.0 Å². The van der Waals surface area contributed by atoms with E-state index in [2.05, 4.69) is 15.5 Å². The zero-order valence-electron chi connectivity index (χ0n) is 13.2. The van der Waals surface area contributed by atoms with Gasteiger partial charge in [0.25, 0.3) is 0 Å². The van der Waals surface area contributed by atoms with Crippen LogP contribution < -0.4 is 5.32 Å². The predicted molar refractivity (Wildman–Crippen MR) is 89.7 cm³/mol. The third-order valence-corrected chi connectivity index (χ3v) is 3.47. The third kappa shape index (κ3) is 3.60. The summed E-state index contributed by atoms with van der Waals surface area (Å²) < 4.78 is 10.4. The molecule has 0 atom stereocenters. The van der Waals surface area contributed by atoms with E-state index in [1.807, 2.05) is 42.5 Å². The molecule has 0 unspecified atom stereocenters. The van der Waals surface area contributed by atoms with Crippen LogP contribution in [0.2, 0.25) is 0 Å². The molecule has 3 rings (SSSR count). The molecule has 0 aliphatic heterocycles. The molecule has 0 aliphatic carbocycles. The average Bonchev–Trinajstić information content (AvgIpc) is 3.11. The minimum absolute atomic E-state index is 0.373. The average molecular weight is 323 g/mol. The van der Waals surface area contributed by atoms with E-state index in [-0.39, 0.29) is 5.97 Å². The summed E-state index contributed by atoms with van der Waals surface area (Å²) in [6, 6.07) is 16.8. The van der Waals surface area contributed by atoms with Crippen molar-refractivity contribution in [3.63, 3.8) is 0 Å². The lowest BCUT2D eigenvalue weighted by Crippen LogP contribution is -2.10. The second kappa shape index (κ2) is 7.41. The van der Waals surface area contributed by atoms with Gasteiger partial charge in [-0.2, -0.15) is 0 Å². The lowest BCUT2D eigenvalue weighted by Gasteiger charge is -2.09. The van der Waals surface area contributed by atoms with Crippen molar-refractivity contribution in [2.75, 3.05) is 19.0 Å². The smallest absolute Gasteiger partial charge is 0.339 e. The van der Waals surface area contributed by atoms with E-state index in [4.69, 9.17) is 9.15 Å². The molecule has 0 aliphatic rings. The number of nitrogens with zero attached hydrogens (tertiary/aromatic N) is 2. The Labute approximate surface area is 139 Å². The first kappa shape index (κ1) is 15.7. The largest absolute Gasteiger partial charge is 0.465 e. The van der Waals surface area contributed by atoms with E-state index < -0.39 is 0 Å². The van der Waals surface area contributed by atoms with Crippen molar-refractivity contribution >= 4 is 11.7 Å². The number of para-hydroxylation sites is 1. The van der Waals surface area contributed by atoms with Crippen LogP contribution in [0.4, 0.5) is 5.69 Å². The van der Waals surface area contributed by atoms with Gasteiger partial charge in [-0.3, -0.25) is 0 Å². The van der Waals surface area contributed by atoms with Gasteiger partial charge in [-0.25, -0.2) is 4.79 Å². The van der Waals surface area contributed by atoms with E-state index in [0.717, 1.165) is 5.56 Å². The molecule has 0 saturated heterocycles. The second-order valence-corrected chi connectivity index (χ2v) is 5.08. The van der Waals surface area contributed by atoms with Crippen LogP contribution in [0.1, 0.15) is 16.2 Å². The van der Waals surface area contributed by atoms with E-state index in [1.54, 1.807) is 12.1 Å². The van der Waals surface area contributed by atoms with Crippen molar-refractivity contribution < 1.29 is 13.9 Å². The highest BCUT2D eigenvalue weighted by molar-refractivity contribution is 5.95. The lowest BCUT2D eigenvalue weighted by molar-refractivity contribution is 0.0602. The maximum Gasteiger partial charge on any atom is 0.339 e. The zero-order valence-corrected chi connectivity index (χ0v) is 13.2. The van der Waals surface area contributed by atoms with Crippen molar-refractivity contribution in [1.82, 2.24) is 10.2 Å². The van der Waals surface area contributed by atoms with E-state index >= 15 is 0 Å². The van der Waals surface area contributed by atoms with Crippen LogP contribution in [-0.2, 0) is 11.2 Å². The number of hydrogen-bond donors (Lipinski definition) is 1. The van der Waals surface area contributed by atoms with Crippen LogP contribution in [0.3, 0.4) is 0 Å². The summed E-state index contributed by atoms with van der Waals surface area (Å²) in [6.07, 6.45) is 0.551. The Hall–Kier alpha value is -3.15. The zero-order chi connectivity index (χ0) is 16.8. The van der Waals surface area contributed by atoms with Gasteiger partial charge in [0.2, 0.25) is 11.8 Å². The predicted octanol–water partition coefficient (Wildman–Crippen LogP) is 3.18. The quantitative estimate of drug-likeness (QED) is 0.702. The molecule has 6 heteroatoms. The van der Waals surface area contributed by atoms with Crippen molar-refractivity contribution in [1.29, 1.82) is 0 Å². The molecule has 0 saturated carbocycles. The first-order valence-corrected chi connectivity index (χ1v) is 7.57. The van der Waals surface area contributed by atoms with Crippen molar-refractivity contribution in [3.05, 3.63) is 66.1 Å². The number of rotatable bonds is 6. The molecule has 0 fully saturated rings. The van der Waals surface area contributed by atoms with Crippen LogP contribution in [0.5, 0.6) is 0 Å². The van der Waals surface area contributed by atoms with E-state index in [9.17, 15) is 4.79 Å². The van der Waals surface area contributed by atoms with E-state index in [1.165, 1.54) is 7.11 Å². The highest BCUT2D eigenvalue weighted by Gasteiger charge is 2.11. The second-order valence-electron chi connectivity index (χ2n) is 5.08. The fourth-order valence-corrected chi connectivity index (χ4v) is 2.28. The van der Waals surface area contributed by atoms with Crippen LogP contribution in [-0.4, -0.2) is 29.8 Å². The molecular formula is C18H17N3O3. The molecule has 0 bridgehead atoms. The highest BCUT2D eigenvalue weighted by atomic mass is 16.5. The number of carbonyl (C=O) groups is 1. The van der Waals surface area contributed by atoms with Crippen LogP contribution in [0, 0.1) is 0 Å². The number of methoxy groups -OCH3 is 1. The Morgan fingerprint density at radius 1 is 1.08 bits per heavy atom. The number of ether oxygens (including phenoxy) is 1. The molecule has 0 spiro atoms. The van der Waals surface area contributed by atoms with Crippen LogP contribution >= 0.6 is 0 Å². The number of carbonyl (C=O) groups excluding carboxylic acids is 1. The topological polar surface area (TPSA) is 77.2 Å². The molecule has 24 heavy (non-hydrogen) atoms. The summed E-state index contributed by atoms with van der Waals surface area (Å²) in [5, 5.41) is 11.3. The third-order valence-electron chi connectivity index (χ3n) is 3.47. The molecule has 122 valence electrons. The SMILES string of the molecule is COC(=O)c1ccccc1NCCc1nnc(-c2ccccc2)o1. The monoisotopic (exact) mass is 323 g/mol. The number of benzene rings is 2. The number of esters is 1. The molecule has 2 aromatic carbocycles. The Balaban J connectivity index is 1.62. The summed E-state index contributed by atoms with van der Waals surface area (Å²) in [5.41, 5.74) is 2.10. The van der Waals surface area contributed by atoms with Gasteiger partial charge in [-0.05, 0) is 24.3 Å². The summed E-state index contributed by atoms with van der Waals surface area (Å²) in [4.78, 5) is 11.7. The molecular weight excluding hydrogens is 306 g/mol. The minimum atomic E-state index is -0.373. The standard InChI is InChI=1S/C18H17N3O3/c1-23-18(22)14-9-5-6-10-15(14)19-12-11-16-20-21-17(24-16)13-7-3-2-4-8-13/h2-10,19H,11-12H2,1H3. The number of hydrogen-bond acceptors (Lipinski definition) is 6. The molecule has 1 heterocycles. The van der Waals surface area contributed by atoms with Crippen molar-refractivity contribution in [3.8, 4) is 11.5 Å². The lowest BCUT2D eigenvalue weighted by atomic mass is 10.2. The Morgan fingerprint density at radius 3 is 2.62 bits per heavy atom. The van der Waals surface area contributed by atoms with Gasteiger partial charge in [0, 0.05) is 24.2 Å². The Bertz CT molecular complexity index is 815. The number of aromatic nitrogens is 2. The van der Waals surface area contributed by atoms with Crippen LogP contribution in [0.25, 0.3) is 11.5 Å². The summed E-state index contributed by atoms with van der Waals surface area (Å²) >= 11 is 0. The van der Waals surface area contributed by atoms with Gasteiger partial charge < -0.3 is 14.5 Å². The number of anilines is 1. The van der Waals surface area contributed by atoms with Gasteiger partial charge in [-0.15, -0.1) is 10.2 Å². The van der Waals surface area contributed by atoms with Crippen molar-refractivity contribution in [2.45, 2.75) is 6.42 Å². The highest BCUT2D eigenvalue weighted by Crippen LogP contribution is 2.18. The first-order valence-electron chi connectivity index (χ1n) is 7.57. The minimum Gasteiger partial charge on any atom is -0.465 e.